The van der Waals surface area contributed by atoms with E-state index in [9.17, 15) is 9.50 Å². The molecule has 0 aliphatic heterocycles. The van der Waals surface area contributed by atoms with Crippen molar-refractivity contribution in [3.8, 4) is 5.75 Å². The third-order valence-electron chi connectivity index (χ3n) is 2.37. The lowest BCUT2D eigenvalue weighted by Gasteiger charge is -2.04. The second-order valence-corrected chi connectivity index (χ2v) is 3.93. The van der Waals surface area contributed by atoms with E-state index in [1.165, 1.54) is 12.1 Å². The minimum atomic E-state index is -0.435. The van der Waals surface area contributed by atoms with E-state index in [1.54, 1.807) is 0 Å². The number of hydrogen-bond acceptors (Lipinski definition) is 3. The molecular formula is C13H14FNO2. The Morgan fingerprint density at radius 3 is 2.71 bits per heavy atom. The Labute approximate surface area is 98.9 Å². The largest absolute Gasteiger partial charge is 0.508 e. The second kappa shape index (κ2) is 5.01. The normalized spacial score (nSPS) is 10.7. The van der Waals surface area contributed by atoms with Gasteiger partial charge in [-0.25, -0.2) is 4.39 Å². The minimum absolute atomic E-state index is 0.0596. The van der Waals surface area contributed by atoms with Gasteiger partial charge in [0.25, 0.3) is 0 Å². The maximum Gasteiger partial charge on any atom is 0.127 e. The Morgan fingerprint density at radius 2 is 2.06 bits per heavy atom. The van der Waals surface area contributed by atoms with Crippen LogP contribution in [-0.2, 0) is 13.1 Å². The first-order valence-corrected chi connectivity index (χ1v) is 5.38. The Balaban J connectivity index is 1.89. The van der Waals surface area contributed by atoms with E-state index in [-0.39, 0.29) is 5.75 Å². The summed E-state index contributed by atoms with van der Waals surface area (Å²) in [5.41, 5.74) is 0.700. The summed E-state index contributed by atoms with van der Waals surface area (Å²) in [6, 6.07) is 7.79. The number of phenolic OH excluding ortho intramolecular Hbond substituents is 1. The zero-order valence-corrected chi connectivity index (χ0v) is 9.53. The molecule has 0 atom stereocenters. The quantitative estimate of drug-likeness (QED) is 0.856. The van der Waals surface area contributed by atoms with Crippen molar-refractivity contribution in [2.24, 2.45) is 0 Å². The molecule has 90 valence electrons. The molecule has 0 radical (unpaired) electrons. The van der Waals surface area contributed by atoms with E-state index >= 15 is 0 Å². The zero-order chi connectivity index (χ0) is 12.3. The van der Waals surface area contributed by atoms with Gasteiger partial charge < -0.3 is 14.8 Å². The van der Waals surface area contributed by atoms with Crippen molar-refractivity contribution in [3.05, 3.63) is 53.2 Å². The molecule has 1 heterocycles. The molecule has 2 aromatic rings. The Bertz CT molecular complexity index is 488. The monoisotopic (exact) mass is 235 g/mol. The number of furan rings is 1. The molecule has 0 spiro atoms. The van der Waals surface area contributed by atoms with E-state index < -0.39 is 5.82 Å². The first kappa shape index (κ1) is 11.7. The van der Waals surface area contributed by atoms with Crippen LogP contribution in [0.2, 0.25) is 0 Å². The molecular weight excluding hydrogens is 221 g/mol. The number of aromatic hydroxyl groups is 1. The topological polar surface area (TPSA) is 45.4 Å². The SMILES string of the molecule is Cc1ccc(CNCc2cc(O)cc(F)c2)o1. The van der Waals surface area contributed by atoms with Crippen molar-refractivity contribution in [1.82, 2.24) is 5.32 Å². The van der Waals surface area contributed by atoms with Crippen LogP contribution in [0.1, 0.15) is 17.1 Å². The lowest BCUT2D eigenvalue weighted by molar-refractivity contribution is 0.458. The van der Waals surface area contributed by atoms with Crippen LogP contribution in [0.5, 0.6) is 5.75 Å². The Morgan fingerprint density at radius 1 is 1.24 bits per heavy atom. The smallest absolute Gasteiger partial charge is 0.127 e. The van der Waals surface area contributed by atoms with Crippen LogP contribution >= 0.6 is 0 Å². The molecule has 1 aromatic heterocycles. The van der Waals surface area contributed by atoms with Crippen LogP contribution in [-0.4, -0.2) is 5.11 Å². The van der Waals surface area contributed by atoms with Gasteiger partial charge in [-0.2, -0.15) is 0 Å². The average molecular weight is 235 g/mol. The number of rotatable bonds is 4. The van der Waals surface area contributed by atoms with Gasteiger partial charge in [-0.1, -0.05) is 0 Å². The predicted octanol–water partition coefficient (Wildman–Crippen LogP) is 2.72. The third kappa shape index (κ3) is 3.32. The standard InChI is InChI=1S/C13H14FNO2/c1-9-2-3-13(17-9)8-15-7-10-4-11(14)6-12(16)5-10/h2-6,15-16H,7-8H2,1H3. The van der Waals surface area contributed by atoms with E-state index in [4.69, 9.17) is 4.42 Å². The number of hydrogen-bond donors (Lipinski definition) is 2. The molecule has 17 heavy (non-hydrogen) atoms. The number of phenols is 1. The number of halogens is 1. The number of aryl methyl sites for hydroxylation is 1. The van der Waals surface area contributed by atoms with Crippen LogP contribution in [0, 0.1) is 12.7 Å². The van der Waals surface area contributed by atoms with Gasteiger partial charge in [0.2, 0.25) is 0 Å². The molecule has 1 aromatic carbocycles. The van der Waals surface area contributed by atoms with Gasteiger partial charge >= 0.3 is 0 Å². The molecule has 0 saturated carbocycles. The maximum absolute atomic E-state index is 13.0. The Hall–Kier alpha value is -1.81. The van der Waals surface area contributed by atoms with Crippen LogP contribution in [0.4, 0.5) is 4.39 Å². The minimum Gasteiger partial charge on any atom is -0.508 e. The van der Waals surface area contributed by atoms with Gasteiger partial charge in [0, 0.05) is 12.6 Å². The molecule has 0 saturated heterocycles. The van der Waals surface area contributed by atoms with Crippen molar-refractivity contribution < 1.29 is 13.9 Å². The van der Waals surface area contributed by atoms with E-state index in [0.717, 1.165) is 17.6 Å². The van der Waals surface area contributed by atoms with Gasteiger partial charge in [-0.3, -0.25) is 0 Å². The van der Waals surface area contributed by atoms with Gasteiger partial charge in [-0.15, -0.1) is 0 Å². The van der Waals surface area contributed by atoms with Crippen LogP contribution in [0.3, 0.4) is 0 Å². The summed E-state index contributed by atoms with van der Waals surface area (Å²) >= 11 is 0. The zero-order valence-electron chi connectivity index (χ0n) is 9.53. The van der Waals surface area contributed by atoms with Crippen molar-refractivity contribution in [2.45, 2.75) is 20.0 Å². The highest BCUT2D eigenvalue weighted by molar-refractivity contribution is 5.28. The van der Waals surface area contributed by atoms with E-state index in [2.05, 4.69) is 5.32 Å². The number of benzene rings is 1. The highest BCUT2D eigenvalue weighted by atomic mass is 19.1. The van der Waals surface area contributed by atoms with Crippen LogP contribution in [0.15, 0.2) is 34.7 Å². The van der Waals surface area contributed by atoms with E-state index in [1.807, 2.05) is 19.1 Å². The summed E-state index contributed by atoms with van der Waals surface area (Å²) in [6.07, 6.45) is 0. The summed E-state index contributed by atoms with van der Waals surface area (Å²) in [7, 11) is 0. The molecule has 0 unspecified atom stereocenters. The molecule has 2 N–H and O–H groups in total. The van der Waals surface area contributed by atoms with Gasteiger partial charge in [0.15, 0.2) is 0 Å². The molecule has 0 amide bonds. The third-order valence-corrected chi connectivity index (χ3v) is 2.37. The van der Waals surface area contributed by atoms with Crippen molar-refractivity contribution in [1.29, 1.82) is 0 Å². The molecule has 4 heteroatoms. The molecule has 0 bridgehead atoms. The molecule has 3 nitrogen and oxygen atoms in total. The van der Waals surface area contributed by atoms with Gasteiger partial charge in [-0.05, 0) is 36.8 Å². The van der Waals surface area contributed by atoms with Gasteiger partial charge in [0.05, 0.1) is 6.54 Å². The molecule has 0 aliphatic carbocycles. The Kier molecular flexibility index (Phi) is 3.44. The first-order valence-electron chi connectivity index (χ1n) is 5.38. The van der Waals surface area contributed by atoms with Crippen LogP contribution in [0.25, 0.3) is 0 Å². The summed E-state index contributed by atoms with van der Waals surface area (Å²) in [5.74, 6) is 1.21. The molecule has 2 rings (SSSR count). The summed E-state index contributed by atoms with van der Waals surface area (Å²) in [6.45, 7) is 2.93. The fourth-order valence-electron chi connectivity index (χ4n) is 1.65. The van der Waals surface area contributed by atoms with Crippen molar-refractivity contribution in [2.75, 3.05) is 0 Å². The fraction of sp³-hybridized carbons (Fsp3) is 0.231. The van der Waals surface area contributed by atoms with Crippen LogP contribution < -0.4 is 5.32 Å². The fourth-order valence-corrected chi connectivity index (χ4v) is 1.65. The summed E-state index contributed by atoms with van der Waals surface area (Å²) in [4.78, 5) is 0. The van der Waals surface area contributed by atoms with Crippen molar-refractivity contribution in [3.63, 3.8) is 0 Å². The number of nitrogens with one attached hydrogen (secondary N) is 1. The first-order chi connectivity index (χ1) is 8.13. The van der Waals surface area contributed by atoms with E-state index in [0.29, 0.717) is 18.7 Å². The second-order valence-electron chi connectivity index (χ2n) is 3.93. The molecule has 0 fully saturated rings. The van der Waals surface area contributed by atoms with Gasteiger partial charge in [0.1, 0.15) is 23.1 Å². The maximum atomic E-state index is 13.0. The summed E-state index contributed by atoms with van der Waals surface area (Å²) in [5, 5.41) is 12.3. The molecule has 0 aliphatic rings. The van der Waals surface area contributed by atoms with Crippen molar-refractivity contribution >= 4 is 0 Å². The average Bonchev–Trinajstić information content (AvgIpc) is 2.63. The lowest BCUT2D eigenvalue weighted by Crippen LogP contribution is -2.12. The summed E-state index contributed by atoms with van der Waals surface area (Å²) < 4.78 is 18.4. The highest BCUT2D eigenvalue weighted by Crippen LogP contribution is 2.14. The lowest BCUT2D eigenvalue weighted by atomic mass is 10.2. The predicted molar refractivity (Wildman–Crippen MR) is 62.1 cm³/mol. The highest BCUT2D eigenvalue weighted by Gasteiger charge is 2.01.